The van der Waals surface area contributed by atoms with Gasteiger partial charge in [-0.15, -0.1) is 0 Å². The number of pyridine rings is 1. The van der Waals surface area contributed by atoms with Gasteiger partial charge in [-0.2, -0.15) is 0 Å². The van der Waals surface area contributed by atoms with E-state index >= 15 is 0 Å². The molecule has 1 unspecified atom stereocenters. The van der Waals surface area contributed by atoms with E-state index in [-0.39, 0.29) is 0 Å². The monoisotopic (exact) mass is 244 g/mol. The molecule has 0 aliphatic heterocycles. The molecule has 2 aliphatic rings. The Morgan fingerprint density at radius 1 is 1.17 bits per heavy atom. The lowest BCUT2D eigenvalue weighted by molar-refractivity contribution is 0.216. The predicted molar refractivity (Wildman–Crippen MR) is 75.9 cm³/mol. The molecule has 0 aromatic carbocycles. The zero-order chi connectivity index (χ0) is 12.6. The molecule has 0 saturated heterocycles. The maximum Gasteiger partial charge on any atom is 0.126 e. The summed E-state index contributed by atoms with van der Waals surface area (Å²) < 4.78 is 0. The molecule has 1 fully saturated rings. The Morgan fingerprint density at radius 2 is 2.06 bits per heavy atom. The van der Waals surface area contributed by atoms with E-state index in [9.17, 15) is 0 Å². The molecule has 18 heavy (non-hydrogen) atoms. The standard InChI is InChI=1S/C16H24N2/c1-16(2)11-4-3-8-14(16)18-15-10-9-12-6-5-7-13(12)17-15/h9-10,14H,3-8,11H2,1-2H3,(H,17,18). The van der Waals surface area contributed by atoms with Gasteiger partial charge in [-0.1, -0.05) is 32.8 Å². The molecule has 1 N–H and O–H groups in total. The van der Waals surface area contributed by atoms with E-state index in [4.69, 9.17) is 4.98 Å². The van der Waals surface area contributed by atoms with Crippen LogP contribution in [-0.2, 0) is 12.8 Å². The zero-order valence-electron chi connectivity index (χ0n) is 11.6. The summed E-state index contributed by atoms with van der Waals surface area (Å²) in [6.45, 7) is 4.77. The fraction of sp³-hybridized carbons (Fsp3) is 0.688. The van der Waals surface area contributed by atoms with Gasteiger partial charge in [0.05, 0.1) is 0 Å². The van der Waals surface area contributed by atoms with Gasteiger partial charge in [0.15, 0.2) is 0 Å². The third-order valence-corrected chi connectivity index (χ3v) is 4.76. The summed E-state index contributed by atoms with van der Waals surface area (Å²) in [5.74, 6) is 1.09. The Hall–Kier alpha value is -1.05. The van der Waals surface area contributed by atoms with Crippen LogP contribution in [0.1, 0.15) is 57.2 Å². The molecular formula is C16H24N2. The van der Waals surface area contributed by atoms with Crippen molar-refractivity contribution in [2.75, 3.05) is 5.32 Å². The first-order valence-corrected chi connectivity index (χ1v) is 7.40. The highest BCUT2D eigenvalue weighted by Gasteiger charge is 2.32. The molecule has 2 aliphatic carbocycles. The van der Waals surface area contributed by atoms with E-state index in [2.05, 4.69) is 31.3 Å². The van der Waals surface area contributed by atoms with Crippen molar-refractivity contribution in [1.29, 1.82) is 0 Å². The van der Waals surface area contributed by atoms with E-state index in [0.29, 0.717) is 11.5 Å². The Bertz CT molecular complexity index is 437. The molecule has 0 bridgehead atoms. The van der Waals surface area contributed by atoms with Crippen LogP contribution in [0.3, 0.4) is 0 Å². The van der Waals surface area contributed by atoms with Crippen molar-refractivity contribution in [2.24, 2.45) is 5.41 Å². The molecule has 98 valence electrons. The van der Waals surface area contributed by atoms with Crippen molar-refractivity contribution in [3.05, 3.63) is 23.4 Å². The topological polar surface area (TPSA) is 24.9 Å². The average molecular weight is 244 g/mol. The number of hydrogen-bond donors (Lipinski definition) is 1. The number of fused-ring (bicyclic) bond motifs is 1. The van der Waals surface area contributed by atoms with Crippen LogP contribution in [0.4, 0.5) is 5.82 Å². The van der Waals surface area contributed by atoms with Gasteiger partial charge in [0.2, 0.25) is 0 Å². The summed E-state index contributed by atoms with van der Waals surface area (Å²) in [6.07, 6.45) is 9.01. The second-order valence-corrected chi connectivity index (χ2v) is 6.59. The Labute approximate surface area is 110 Å². The van der Waals surface area contributed by atoms with Gasteiger partial charge in [-0.25, -0.2) is 4.98 Å². The number of hydrogen-bond acceptors (Lipinski definition) is 2. The quantitative estimate of drug-likeness (QED) is 0.852. The molecular weight excluding hydrogens is 220 g/mol. The summed E-state index contributed by atoms with van der Waals surface area (Å²) in [6, 6.07) is 5.03. The highest BCUT2D eigenvalue weighted by molar-refractivity contribution is 5.41. The summed E-state index contributed by atoms with van der Waals surface area (Å²) in [7, 11) is 0. The van der Waals surface area contributed by atoms with Crippen molar-refractivity contribution < 1.29 is 0 Å². The van der Waals surface area contributed by atoms with E-state index < -0.39 is 0 Å². The summed E-state index contributed by atoms with van der Waals surface area (Å²) in [5.41, 5.74) is 3.19. The van der Waals surface area contributed by atoms with Crippen LogP contribution in [0.15, 0.2) is 12.1 Å². The smallest absolute Gasteiger partial charge is 0.126 e. The predicted octanol–water partition coefficient (Wildman–Crippen LogP) is 3.95. The maximum absolute atomic E-state index is 4.80. The molecule has 2 nitrogen and oxygen atoms in total. The van der Waals surface area contributed by atoms with Crippen molar-refractivity contribution >= 4 is 5.82 Å². The first kappa shape index (κ1) is 12.0. The van der Waals surface area contributed by atoms with Crippen molar-refractivity contribution in [3.8, 4) is 0 Å². The Balaban J connectivity index is 1.76. The number of rotatable bonds is 2. The van der Waals surface area contributed by atoms with Gasteiger partial charge in [0.25, 0.3) is 0 Å². The highest BCUT2D eigenvalue weighted by Crippen LogP contribution is 2.37. The minimum absolute atomic E-state index is 0.402. The van der Waals surface area contributed by atoms with E-state index in [1.807, 2.05) is 0 Å². The van der Waals surface area contributed by atoms with Gasteiger partial charge < -0.3 is 5.32 Å². The minimum Gasteiger partial charge on any atom is -0.367 e. The van der Waals surface area contributed by atoms with Crippen LogP contribution in [0.5, 0.6) is 0 Å². The van der Waals surface area contributed by atoms with E-state index in [1.54, 1.807) is 0 Å². The lowest BCUT2D eigenvalue weighted by Gasteiger charge is -2.39. The molecule has 2 heteroatoms. The zero-order valence-corrected chi connectivity index (χ0v) is 11.6. The summed E-state index contributed by atoms with van der Waals surface area (Å²) in [4.78, 5) is 4.80. The molecule has 3 rings (SSSR count). The average Bonchev–Trinajstić information content (AvgIpc) is 2.79. The first-order chi connectivity index (χ1) is 8.65. The van der Waals surface area contributed by atoms with Gasteiger partial charge in [0.1, 0.15) is 5.82 Å². The normalized spacial score (nSPS) is 25.8. The van der Waals surface area contributed by atoms with Crippen molar-refractivity contribution in [3.63, 3.8) is 0 Å². The van der Waals surface area contributed by atoms with Gasteiger partial charge in [-0.3, -0.25) is 0 Å². The van der Waals surface area contributed by atoms with E-state index in [0.717, 1.165) is 5.82 Å². The number of aryl methyl sites for hydroxylation is 2. The van der Waals surface area contributed by atoms with Crippen LogP contribution in [0.25, 0.3) is 0 Å². The summed E-state index contributed by atoms with van der Waals surface area (Å²) >= 11 is 0. The van der Waals surface area contributed by atoms with E-state index in [1.165, 1.54) is 56.2 Å². The second kappa shape index (κ2) is 4.56. The van der Waals surface area contributed by atoms with Crippen LogP contribution < -0.4 is 5.32 Å². The molecule has 1 aromatic rings. The van der Waals surface area contributed by atoms with Gasteiger partial charge in [0, 0.05) is 11.7 Å². The van der Waals surface area contributed by atoms with Crippen LogP contribution in [0.2, 0.25) is 0 Å². The highest BCUT2D eigenvalue weighted by atomic mass is 15.0. The fourth-order valence-electron chi connectivity index (χ4n) is 3.44. The number of nitrogens with zero attached hydrogens (tertiary/aromatic N) is 1. The number of nitrogens with one attached hydrogen (secondary N) is 1. The summed E-state index contributed by atoms with van der Waals surface area (Å²) in [5, 5.41) is 3.69. The molecule has 0 amide bonds. The lowest BCUT2D eigenvalue weighted by atomic mass is 9.73. The Morgan fingerprint density at radius 3 is 2.89 bits per heavy atom. The third kappa shape index (κ3) is 2.25. The maximum atomic E-state index is 4.80. The Kier molecular flexibility index (Phi) is 3.04. The SMILES string of the molecule is CC1(C)CCCCC1Nc1ccc2c(n1)CCC2. The van der Waals surface area contributed by atoms with Crippen LogP contribution in [-0.4, -0.2) is 11.0 Å². The first-order valence-electron chi connectivity index (χ1n) is 7.40. The molecule has 1 atom stereocenters. The molecule has 1 heterocycles. The van der Waals surface area contributed by atoms with Crippen LogP contribution in [0, 0.1) is 5.41 Å². The molecule has 1 saturated carbocycles. The third-order valence-electron chi connectivity index (χ3n) is 4.76. The van der Waals surface area contributed by atoms with Gasteiger partial charge in [-0.05, 0) is 49.1 Å². The van der Waals surface area contributed by atoms with Gasteiger partial charge >= 0.3 is 0 Å². The van der Waals surface area contributed by atoms with Crippen molar-refractivity contribution in [2.45, 2.75) is 64.8 Å². The molecule has 0 radical (unpaired) electrons. The lowest BCUT2D eigenvalue weighted by Crippen LogP contribution is -2.39. The largest absolute Gasteiger partial charge is 0.367 e. The molecule has 0 spiro atoms. The molecule has 1 aromatic heterocycles. The van der Waals surface area contributed by atoms with Crippen LogP contribution >= 0.6 is 0 Å². The number of aromatic nitrogens is 1. The minimum atomic E-state index is 0.402. The fourth-order valence-corrected chi connectivity index (χ4v) is 3.44. The number of anilines is 1. The second-order valence-electron chi connectivity index (χ2n) is 6.59. The van der Waals surface area contributed by atoms with Crippen molar-refractivity contribution in [1.82, 2.24) is 4.98 Å².